The Labute approximate surface area is 126 Å². The molecule has 2 aliphatic rings. The summed E-state index contributed by atoms with van der Waals surface area (Å²) < 4.78 is 5.96. The molecule has 2 N–H and O–H groups in total. The molecule has 0 atom stereocenters. The van der Waals surface area contributed by atoms with E-state index in [-0.39, 0.29) is 5.41 Å². The zero-order chi connectivity index (χ0) is 14.0. The molecule has 0 aromatic heterocycles. The Bertz CT molecular complexity index is 464. The van der Waals surface area contributed by atoms with Crippen molar-refractivity contribution in [3.05, 3.63) is 28.8 Å². The molecule has 2 fully saturated rings. The Balaban J connectivity index is 1.78. The van der Waals surface area contributed by atoms with Crippen LogP contribution in [0.1, 0.15) is 50.5 Å². The van der Waals surface area contributed by atoms with Gasteiger partial charge in [0.15, 0.2) is 0 Å². The molecule has 0 saturated heterocycles. The van der Waals surface area contributed by atoms with Gasteiger partial charge in [0, 0.05) is 17.0 Å². The van der Waals surface area contributed by atoms with Gasteiger partial charge in [-0.3, -0.25) is 0 Å². The summed E-state index contributed by atoms with van der Waals surface area (Å²) in [6.07, 6.45) is 8.84. The van der Waals surface area contributed by atoms with E-state index in [0.29, 0.717) is 6.54 Å². The van der Waals surface area contributed by atoms with Gasteiger partial charge in [0.1, 0.15) is 5.75 Å². The molecule has 0 radical (unpaired) electrons. The molecule has 1 aromatic rings. The summed E-state index contributed by atoms with van der Waals surface area (Å²) >= 11 is 6.29. The van der Waals surface area contributed by atoms with E-state index >= 15 is 0 Å². The van der Waals surface area contributed by atoms with Gasteiger partial charge in [0.05, 0.1) is 6.61 Å². The minimum absolute atomic E-state index is 0.124. The fourth-order valence-electron chi connectivity index (χ4n) is 3.49. The van der Waals surface area contributed by atoms with Crippen molar-refractivity contribution < 1.29 is 4.74 Å². The number of ether oxygens (including phenoxy) is 1. The fraction of sp³-hybridized carbons (Fsp3) is 0.647. The normalized spacial score (nSPS) is 21.7. The van der Waals surface area contributed by atoms with Gasteiger partial charge in [0.2, 0.25) is 0 Å². The highest BCUT2D eigenvalue weighted by Gasteiger charge is 2.34. The van der Waals surface area contributed by atoms with Crippen LogP contribution in [0.25, 0.3) is 0 Å². The number of nitrogens with two attached hydrogens (primary N) is 1. The van der Waals surface area contributed by atoms with Crippen molar-refractivity contribution in [2.24, 2.45) is 11.7 Å². The van der Waals surface area contributed by atoms with Gasteiger partial charge in [-0.05, 0) is 55.4 Å². The topological polar surface area (TPSA) is 35.2 Å². The lowest BCUT2D eigenvalue weighted by molar-refractivity contribution is 0.180. The van der Waals surface area contributed by atoms with Crippen LogP contribution in [0.3, 0.4) is 0 Å². The molecular weight excluding hydrogens is 270 g/mol. The summed E-state index contributed by atoms with van der Waals surface area (Å²) in [7, 11) is 0. The van der Waals surface area contributed by atoms with E-state index in [0.717, 1.165) is 23.3 Å². The van der Waals surface area contributed by atoms with Crippen LogP contribution in [-0.2, 0) is 5.41 Å². The molecular formula is C17H24ClNO. The maximum atomic E-state index is 6.29. The zero-order valence-electron chi connectivity index (χ0n) is 12.0. The van der Waals surface area contributed by atoms with E-state index in [1.807, 2.05) is 6.07 Å². The molecule has 2 nitrogen and oxygen atoms in total. The lowest BCUT2D eigenvalue weighted by Crippen LogP contribution is -2.32. The average Bonchev–Trinajstić information content (AvgIpc) is 2.86. The average molecular weight is 294 g/mol. The maximum absolute atomic E-state index is 6.29. The zero-order valence-corrected chi connectivity index (χ0v) is 12.8. The second kappa shape index (κ2) is 5.95. The van der Waals surface area contributed by atoms with Crippen LogP contribution in [0.2, 0.25) is 5.02 Å². The lowest BCUT2D eigenvalue weighted by atomic mass is 9.79. The van der Waals surface area contributed by atoms with Crippen molar-refractivity contribution in [1.82, 2.24) is 0 Å². The Kier molecular flexibility index (Phi) is 4.23. The van der Waals surface area contributed by atoms with Gasteiger partial charge < -0.3 is 10.5 Å². The van der Waals surface area contributed by atoms with Crippen LogP contribution < -0.4 is 10.5 Å². The van der Waals surface area contributed by atoms with E-state index in [1.165, 1.54) is 50.5 Å². The van der Waals surface area contributed by atoms with Crippen molar-refractivity contribution in [1.29, 1.82) is 0 Å². The third kappa shape index (κ3) is 2.82. The molecule has 110 valence electrons. The molecule has 0 heterocycles. The summed E-state index contributed by atoms with van der Waals surface area (Å²) in [5.74, 6) is 1.66. The van der Waals surface area contributed by atoms with Crippen LogP contribution >= 0.6 is 11.6 Å². The van der Waals surface area contributed by atoms with Crippen LogP contribution in [-0.4, -0.2) is 13.2 Å². The third-order valence-corrected chi connectivity index (χ3v) is 5.36. The van der Waals surface area contributed by atoms with E-state index in [4.69, 9.17) is 22.1 Å². The molecule has 0 bridgehead atoms. The first-order valence-electron chi connectivity index (χ1n) is 7.86. The minimum Gasteiger partial charge on any atom is -0.493 e. The second-order valence-corrected chi connectivity index (χ2v) is 6.91. The number of halogens is 1. The highest BCUT2D eigenvalue weighted by Crippen LogP contribution is 2.42. The Hall–Kier alpha value is -0.730. The first-order valence-corrected chi connectivity index (χ1v) is 8.24. The number of hydrogen-bond acceptors (Lipinski definition) is 2. The molecule has 2 aliphatic carbocycles. The number of hydrogen-bond donors (Lipinski definition) is 1. The first-order chi connectivity index (χ1) is 9.72. The summed E-state index contributed by atoms with van der Waals surface area (Å²) in [4.78, 5) is 0. The molecule has 0 unspecified atom stereocenters. The summed E-state index contributed by atoms with van der Waals surface area (Å²) in [6, 6.07) is 6.18. The van der Waals surface area contributed by atoms with Gasteiger partial charge >= 0.3 is 0 Å². The summed E-state index contributed by atoms with van der Waals surface area (Å²) in [6.45, 7) is 1.53. The van der Waals surface area contributed by atoms with Gasteiger partial charge in [-0.1, -0.05) is 30.9 Å². The molecule has 20 heavy (non-hydrogen) atoms. The summed E-state index contributed by atoms with van der Waals surface area (Å²) in [5, 5.41) is 0.769. The van der Waals surface area contributed by atoms with Crippen molar-refractivity contribution in [2.75, 3.05) is 13.2 Å². The molecule has 3 rings (SSSR count). The molecule has 3 heteroatoms. The standard InChI is InChI=1S/C17H24ClNO/c18-15-8-14(17(12-19)6-1-2-7-17)9-16(10-15)20-11-13-4-3-5-13/h8-10,13H,1-7,11-12,19H2. The molecule has 2 saturated carbocycles. The molecule has 1 aromatic carbocycles. The number of rotatable bonds is 5. The predicted octanol–water partition coefficient (Wildman–Crippen LogP) is 4.29. The second-order valence-electron chi connectivity index (χ2n) is 6.48. The Morgan fingerprint density at radius 1 is 1.15 bits per heavy atom. The number of benzene rings is 1. The minimum atomic E-state index is 0.124. The van der Waals surface area contributed by atoms with E-state index < -0.39 is 0 Å². The Morgan fingerprint density at radius 2 is 1.90 bits per heavy atom. The SMILES string of the molecule is NCC1(c2cc(Cl)cc(OCC3CCC3)c2)CCCC1. The lowest BCUT2D eigenvalue weighted by Gasteiger charge is -2.29. The quantitative estimate of drug-likeness (QED) is 0.879. The monoisotopic (exact) mass is 293 g/mol. The third-order valence-electron chi connectivity index (χ3n) is 5.15. The smallest absolute Gasteiger partial charge is 0.121 e. The first kappa shape index (κ1) is 14.2. The van der Waals surface area contributed by atoms with E-state index in [2.05, 4.69) is 12.1 Å². The largest absolute Gasteiger partial charge is 0.493 e. The maximum Gasteiger partial charge on any atom is 0.121 e. The van der Waals surface area contributed by atoms with Crippen LogP contribution in [0.15, 0.2) is 18.2 Å². The van der Waals surface area contributed by atoms with Crippen LogP contribution in [0.5, 0.6) is 5.75 Å². The van der Waals surface area contributed by atoms with Gasteiger partial charge in [0.25, 0.3) is 0 Å². The molecule has 0 spiro atoms. The summed E-state index contributed by atoms with van der Waals surface area (Å²) in [5.41, 5.74) is 7.47. The van der Waals surface area contributed by atoms with Crippen molar-refractivity contribution in [3.63, 3.8) is 0 Å². The molecule has 0 aliphatic heterocycles. The van der Waals surface area contributed by atoms with Crippen molar-refractivity contribution in [2.45, 2.75) is 50.4 Å². The van der Waals surface area contributed by atoms with Crippen molar-refractivity contribution in [3.8, 4) is 5.75 Å². The highest BCUT2D eigenvalue weighted by atomic mass is 35.5. The van der Waals surface area contributed by atoms with Crippen LogP contribution in [0.4, 0.5) is 0 Å². The predicted molar refractivity (Wildman–Crippen MR) is 83.5 cm³/mol. The van der Waals surface area contributed by atoms with Gasteiger partial charge in [-0.25, -0.2) is 0 Å². The van der Waals surface area contributed by atoms with Gasteiger partial charge in [-0.2, -0.15) is 0 Å². The van der Waals surface area contributed by atoms with E-state index in [1.54, 1.807) is 0 Å². The Morgan fingerprint density at radius 3 is 2.50 bits per heavy atom. The van der Waals surface area contributed by atoms with Crippen LogP contribution in [0, 0.1) is 5.92 Å². The van der Waals surface area contributed by atoms with Crippen molar-refractivity contribution >= 4 is 11.6 Å². The fourth-order valence-corrected chi connectivity index (χ4v) is 3.71. The highest BCUT2D eigenvalue weighted by molar-refractivity contribution is 6.30. The van der Waals surface area contributed by atoms with E-state index in [9.17, 15) is 0 Å². The molecule has 0 amide bonds. The van der Waals surface area contributed by atoms with Gasteiger partial charge in [-0.15, -0.1) is 0 Å².